The van der Waals surface area contributed by atoms with Gasteiger partial charge in [0.25, 0.3) is 5.56 Å². The molecule has 0 N–H and O–H groups in total. The van der Waals surface area contributed by atoms with Crippen LogP contribution in [0.15, 0.2) is 47.4 Å². The molecule has 0 spiro atoms. The third-order valence-electron chi connectivity index (χ3n) is 2.64. The maximum absolute atomic E-state index is 12.9. The predicted molar refractivity (Wildman–Crippen MR) is 62.1 cm³/mol. The normalized spacial score (nSPS) is 11.6. The number of rotatable bonds is 1. The number of pyridine rings is 1. The fourth-order valence-corrected chi connectivity index (χ4v) is 1.75. The molecule has 0 unspecified atom stereocenters. The van der Waals surface area contributed by atoms with E-state index in [1.165, 1.54) is 19.2 Å². The van der Waals surface area contributed by atoms with Crippen molar-refractivity contribution in [2.75, 3.05) is 0 Å². The number of aryl methyl sites for hydroxylation is 1. The number of alkyl halides is 3. The van der Waals surface area contributed by atoms with Gasteiger partial charge in [-0.15, -0.1) is 0 Å². The second-order valence-corrected chi connectivity index (χ2v) is 3.88. The lowest BCUT2D eigenvalue weighted by molar-refractivity contribution is -0.137. The molecular weight excluding hydrogens is 243 g/mol. The number of nitrogens with zero attached hydrogens (tertiary/aromatic N) is 1. The Bertz CT molecular complexity index is 614. The molecule has 0 aliphatic rings. The summed E-state index contributed by atoms with van der Waals surface area (Å²) in [6, 6.07) is 8.79. The number of hydrogen-bond donors (Lipinski definition) is 0. The smallest absolute Gasteiger partial charge is 0.318 e. The summed E-state index contributed by atoms with van der Waals surface area (Å²) in [5, 5.41) is 0. The van der Waals surface area contributed by atoms with Crippen LogP contribution < -0.4 is 5.56 Å². The number of halogens is 3. The van der Waals surface area contributed by atoms with E-state index in [1.54, 1.807) is 18.2 Å². The van der Waals surface area contributed by atoms with Crippen molar-refractivity contribution in [3.63, 3.8) is 0 Å². The predicted octanol–water partition coefficient (Wildman–Crippen LogP) is 3.07. The molecule has 2 rings (SSSR count). The van der Waals surface area contributed by atoms with Gasteiger partial charge in [0.05, 0.1) is 11.1 Å². The maximum atomic E-state index is 12.9. The van der Waals surface area contributed by atoms with Crippen molar-refractivity contribution in [3.8, 4) is 11.1 Å². The summed E-state index contributed by atoms with van der Waals surface area (Å²) in [7, 11) is 1.43. The fourth-order valence-electron chi connectivity index (χ4n) is 1.75. The van der Waals surface area contributed by atoms with E-state index < -0.39 is 17.3 Å². The van der Waals surface area contributed by atoms with Crippen LogP contribution in [0.2, 0.25) is 0 Å². The van der Waals surface area contributed by atoms with E-state index in [-0.39, 0.29) is 11.1 Å². The van der Waals surface area contributed by atoms with Crippen LogP contribution in [0.4, 0.5) is 13.2 Å². The van der Waals surface area contributed by atoms with Gasteiger partial charge in [-0.2, -0.15) is 13.2 Å². The van der Waals surface area contributed by atoms with Gasteiger partial charge in [0.2, 0.25) is 0 Å². The molecule has 0 aliphatic carbocycles. The van der Waals surface area contributed by atoms with Gasteiger partial charge in [-0.05, 0) is 11.6 Å². The van der Waals surface area contributed by atoms with E-state index in [2.05, 4.69) is 0 Å². The Morgan fingerprint density at radius 1 is 1.06 bits per heavy atom. The van der Waals surface area contributed by atoms with Crippen molar-refractivity contribution in [2.45, 2.75) is 6.18 Å². The van der Waals surface area contributed by atoms with Gasteiger partial charge in [-0.1, -0.05) is 30.3 Å². The Morgan fingerprint density at radius 2 is 1.67 bits per heavy atom. The summed E-state index contributed by atoms with van der Waals surface area (Å²) in [5.41, 5.74) is -1.60. The molecule has 0 saturated carbocycles. The zero-order valence-electron chi connectivity index (χ0n) is 9.53. The molecule has 1 heterocycles. The van der Waals surface area contributed by atoms with E-state index >= 15 is 0 Å². The lowest BCUT2D eigenvalue weighted by Crippen LogP contribution is -2.23. The van der Waals surface area contributed by atoms with Gasteiger partial charge in [0.1, 0.15) is 0 Å². The Labute approximate surface area is 101 Å². The largest absolute Gasteiger partial charge is 0.417 e. The summed E-state index contributed by atoms with van der Waals surface area (Å²) < 4.78 is 39.8. The number of hydrogen-bond acceptors (Lipinski definition) is 1. The number of benzene rings is 1. The Kier molecular flexibility index (Phi) is 2.98. The third kappa shape index (κ3) is 2.16. The minimum absolute atomic E-state index is 0.269. The molecule has 94 valence electrons. The molecule has 0 atom stereocenters. The van der Waals surface area contributed by atoms with Gasteiger partial charge in [0.15, 0.2) is 0 Å². The quantitative estimate of drug-likeness (QED) is 0.765. The van der Waals surface area contributed by atoms with Crippen molar-refractivity contribution in [1.29, 1.82) is 0 Å². The van der Waals surface area contributed by atoms with E-state index in [9.17, 15) is 18.0 Å². The minimum Gasteiger partial charge on any atom is -0.318 e. The first kappa shape index (κ1) is 12.4. The molecule has 0 radical (unpaired) electrons. The first-order valence-corrected chi connectivity index (χ1v) is 5.23. The average Bonchev–Trinajstić information content (AvgIpc) is 2.32. The van der Waals surface area contributed by atoms with Gasteiger partial charge in [0, 0.05) is 13.2 Å². The van der Waals surface area contributed by atoms with E-state index in [1.807, 2.05) is 0 Å². The van der Waals surface area contributed by atoms with Crippen LogP contribution in [0.1, 0.15) is 5.56 Å². The molecule has 5 heteroatoms. The zero-order chi connectivity index (χ0) is 13.3. The molecule has 2 nitrogen and oxygen atoms in total. The Morgan fingerprint density at radius 3 is 2.22 bits per heavy atom. The molecule has 1 aromatic heterocycles. The van der Waals surface area contributed by atoms with Crippen molar-refractivity contribution < 1.29 is 13.2 Å². The highest BCUT2D eigenvalue weighted by molar-refractivity contribution is 5.66. The summed E-state index contributed by atoms with van der Waals surface area (Å²) in [6.07, 6.45) is -3.42. The second kappa shape index (κ2) is 4.33. The molecule has 0 fully saturated rings. The molecule has 1 aromatic carbocycles. The molecule has 18 heavy (non-hydrogen) atoms. The lowest BCUT2D eigenvalue weighted by atomic mass is 10.0. The average molecular weight is 253 g/mol. The molecule has 0 saturated heterocycles. The third-order valence-corrected chi connectivity index (χ3v) is 2.64. The number of aromatic nitrogens is 1. The van der Waals surface area contributed by atoms with Crippen LogP contribution in [-0.4, -0.2) is 4.57 Å². The Balaban J connectivity index is 2.80. The van der Waals surface area contributed by atoms with Crippen LogP contribution in [-0.2, 0) is 13.2 Å². The Hall–Kier alpha value is -2.04. The second-order valence-electron chi connectivity index (χ2n) is 3.88. The maximum Gasteiger partial charge on any atom is 0.417 e. The first-order valence-electron chi connectivity index (χ1n) is 5.23. The van der Waals surface area contributed by atoms with Crippen molar-refractivity contribution in [1.82, 2.24) is 4.57 Å². The van der Waals surface area contributed by atoms with Gasteiger partial charge >= 0.3 is 6.18 Å². The molecule has 0 bridgehead atoms. The highest BCUT2D eigenvalue weighted by atomic mass is 19.4. The summed E-state index contributed by atoms with van der Waals surface area (Å²) in [6.45, 7) is 0. The van der Waals surface area contributed by atoms with Crippen molar-refractivity contribution in [3.05, 3.63) is 58.5 Å². The van der Waals surface area contributed by atoms with Gasteiger partial charge in [-0.25, -0.2) is 0 Å². The van der Waals surface area contributed by atoms with Gasteiger partial charge in [-0.3, -0.25) is 4.79 Å². The SMILES string of the molecule is Cn1ccc(C(F)(F)F)c(-c2ccccc2)c1=O. The van der Waals surface area contributed by atoms with Crippen LogP contribution in [0.5, 0.6) is 0 Å². The van der Waals surface area contributed by atoms with Crippen LogP contribution in [0, 0.1) is 0 Å². The monoisotopic (exact) mass is 253 g/mol. The van der Waals surface area contributed by atoms with Crippen LogP contribution in [0.25, 0.3) is 11.1 Å². The first-order chi connectivity index (χ1) is 8.41. The minimum atomic E-state index is -4.54. The molecule has 2 aromatic rings. The molecule has 0 aliphatic heterocycles. The van der Waals surface area contributed by atoms with Gasteiger partial charge < -0.3 is 4.57 Å². The van der Waals surface area contributed by atoms with Crippen molar-refractivity contribution in [2.24, 2.45) is 7.05 Å². The van der Waals surface area contributed by atoms with Crippen LogP contribution in [0.3, 0.4) is 0 Å². The van der Waals surface area contributed by atoms with Crippen LogP contribution >= 0.6 is 0 Å². The summed E-state index contributed by atoms with van der Waals surface area (Å²) in [4.78, 5) is 11.9. The zero-order valence-corrected chi connectivity index (χ0v) is 9.53. The molecule has 0 amide bonds. The summed E-state index contributed by atoms with van der Waals surface area (Å²) in [5.74, 6) is 0. The fraction of sp³-hybridized carbons (Fsp3) is 0.154. The van der Waals surface area contributed by atoms with Crippen molar-refractivity contribution >= 4 is 0 Å². The highest BCUT2D eigenvalue weighted by Crippen LogP contribution is 2.34. The standard InChI is InChI=1S/C13H10F3NO/c1-17-8-7-10(13(14,15)16)11(12(17)18)9-5-3-2-4-6-9/h2-8H,1H3. The topological polar surface area (TPSA) is 22.0 Å². The summed E-state index contributed by atoms with van der Waals surface area (Å²) >= 11 is 0. The highest BCUT2D eigenvalue weighted by Gasteiger charge is 2.35. The van der Waals surface area contributed by atoms with E-state index in [4.69, 9.17) is 0 Å². The van der Waals surface area contributed by atoms with E-state index in [0.717, 1.165) is 16.8 Å². The molecular formula is C13H10F3NO. The van der Waals surface area contributed by atoms with E-state index in [0.29, 0.717) is 0 Å². The lowest BCUT2D eigenvalue weighted by Gasteiger charge is -2.13.